The molecule has 0 spiro atoms. The third kappa shape index (κ3) is 5.22. The van der Waals surface area contributed by atoms with Crippen molar-refractivity contribution in [3.63, 3.8) is 0 Å². The van der Waals surface area contributed by atoms with Crippen molar-refractivity contribution >= 4 is 22.6 Å². The van der Waals surface area contributed by atoms with Crippen molar-refractivity contribution in [2.24, 2.45) is 11.7 Å². The van der Waals surface area contributed by atoms with E-state index in [1.807, 2.05) is 31.2 Å². The molecule has 7 heteroatoms. The summed E-state index contributed by atoms with van der Waals surface area (Å²) < 4.78 is 0. The van der Waals surface area contributed by atoms with Crippen LogP contribution in [0.2, 0.25) is 0 Å². The van der Waals surface area contributed by atoms with Crippen molar-refractivity contribution in [1.29, 1.82) is 0 Å². The molecule has 2 aliphatic rings. The van der Waals surface area contributed by atoms with Gasteiger partial charge in [-0.25, -0.2) is 4.98 Å². The van der Waals surface area contributed by atoms with Crippen LogP contribution < -0.4 is 21.3 Å². The smallest absolute Gasteiger partial charge is 0.256 e. The van der Waals surface area contributed by atoms with Crippen molar-refractivity contribution in [3.8, 4) is 0 Å². The van der Waals surface area contributed by atoms with Crippen LogP contribution in [0.3, 0.4) is 0 Å². The number of aromatic nitrogens is 1. The zero-order valence-electron chi connectivity index (χ0n) is 19.3. The number of aliphatic hydroxyl groups excluding tert-OH is 1. The number of hydrogen-bond donors (Lipinski definition) is 4. The molecule has 3 unspecified atom stereocenters. The molecular formula is C25H37N5O2. The summed E-state index contributed by atoms with van der Waals surface area (Å²) in [5, 5.41) is 17.8. The third-order valence-electron chi connectivity index (χ3n) is 6.88. The van der Waals surface area contributed by atoms with Gasteiger partial charge >= 0.3 is 0 Å². The molecule has 1 aromatic carbocycles. The summed E-state index contributed by atoms with van der Waals surface area (Å²) in [6.07, 6.45) is 6.84. The van der Waals surface area contributed by atoms with Crippen LogP contribution in [0.1, 0.15) is 61.4 Å². The molecule has 7 nitrogen and oxygen atoms in total. The molecule has 1 aliphatic carbocycles. The number of aliphatic hydroxyl groups is 1. The van der Waals surface area contributed by atoms with Crippen LogP contribution in [0.15, 0.2) is 24.3 Å². The van der Waals surface area contributed by atoms with E-state index in [2.05, 4.69) is 15.5 Å². The maximum atomic E-state index is 13.0. The number of pyridine rings is 1. The first-order valence-electron chi connectivity index (χ1n) is 12.0. The van der Waals surface area contributed by atoms with Crippen LogP contribution in [0.25, 0.3) is 10.9 Å². The zero-order valence-corrected chi connectivity index (χ0v) is 19.3. The second kappa shape index (κ2) is 10.1. The van der Waals surface area contributed by atoms with Crippen molar-refractivity contribution < 1.29 is 9.90 Å². The molecule has 3 atom stereocenters. The monoisotopic (exact) mass is 439 g/mol. The second-order valence-electron chi connectivity index (χ2n) is 9.60. The quantitative estimate of drug-likeness (QED) is 0.516. The van der Waals surface area contributed by atoms with Gasteiger partial charge in [-0.05, 0) is 50.8 Å². The van der Waals surface area contributed by atoms with Gasteiger partial charge in [0.1, 0.15) is 5.82 Å². The molecule has 5 N–H and O–H groups in total. The highest BCUT2D eigenvalue weighted by Crippen LogP contribution is 2.29. The van der Waals surface area contributed by atoms with E-state index in [0.29, 0.717) is 30.0 Å². The Bertz CT molecular complexity index is 941. The lowest BCUT2D eigenvalue weighted by molar-refractivity contribution is 0.0941. The van der Waals surface area contributed by atoms with Crippen molar-refractivity contribution in [1.82, 2.24) is 15.6 Å². The lowest BCUT2D eigenvalue weighted by Crippen LogP contribution is -2.54. The van der Waals surface area contributed by atoms with E-state index in [0.717, 1.165) is 29.4 Å². The molecule has 1 saturated carbocycles. The van der Waals surface area contributed by atoms with E-state index in [-0.39, 0.29) is 18.4 Å². The number of carbonyl (C=O) groups is 1. The van der Waals surface area contributed by atoms with Crippen LogP contribution in [0.4, 0.5) is 5.82 Å². The number of hydrogen-bond acceptors (Lipinski definition) is 6. The number of anilines is 1. The van der Waals surface area contributed by atoms with Gasteiger partial charge in [0.05, 0.1) is 17.2 Å². The highest BCUT2D eigenvalue weighted by Gasteiger charge is 2.33. The number of rotatable bonds is 6. The largest absolute Gasteiger partial charge is 0.396 e. The SMILES string of the molecule is Cc1ccc2cc(C(=O)NC(C)N)c(N3CCC(NC4CCCCC4)C(CO)C3)nc2c1. The fourth-order valence-corrected chi connectivity index (χ4v) is 5.16. The summed E-state index contributed by atoms with van der Waals surface area (Å²) in [5.41, 5.74) is 8.38. The van der Waals surface area contributed by atoms with E-state index in [4.69, 9.17) is 10.7 Å². The minimum absolute atomic E-state index is 0.102. The summed E-state index contributed by atoms with van der Waals surface area (Å²) in [5.74, 6) is 0.564. The summed E-state index contributed by atoms with van der Waals surface area (Å²) >= 11 is 0. The fourth-order valence-electron chi connectivity index (χ4n) is 5.16. The molecular weight excluding hydrogens is 402 g/mol. The Balaban J connectivity index is 1.60. The number of benzene rings is 1. The Morgan fingerprint density at radius 1 is 1.25 bits per heavy atom. The first-order chi connectivity index (χ1) is 15.4. The summed E-state index contributed by atoms with van der Waals surface area (Å²) in [6, 6.07) is 8.84. The maximum Gasteiger partial charge on any atom is 0.256 e. The average molecular weight is 440 g/mol. The highest BCUT2D eigenvalue weighted by atomic mass is 16.3. The van der Waals surface area contributed by atoms with E-state index in [1.165, 1.54) is 32.1 Å². The molecule has 0 bridgehead atoms. The van der Waals surface area contributed by atoms with Gasteiger partial charge in [0.25, 0.3) is 5.91 Å². The Labute approximate surface area is 190 Å². The lowest BCUT2D eigenvalue weighted by atomic mass is 9.89. The van der Waals surface area contributed by atoms with Gasteiger partial charge in [-0.15, -0.1) is 0 Å². The average Bonchev–Trinajstić information content (AvgIpc) is 2.78. The molecule has 4 rings (SSSR count). The number of nitrogens with one attached hydrogen (secondary N) is 2. The van der Waals surface area contributed by atoms with Gasteiger partial charge in [0, 0.05) is 43.1 Å². The van der Waals surface area contributed by atoms with Gasteiger partial charge in [-0.3, -0.25) is 4.79 Å². The molecule has 1 aliphatic heterocycles. The van der Waals surface area contributed by atoms with Crippen molar-refractivity contribution in [3.05, 3.63) is 35.4 Å². The Hall–Kier alpha value is -2.22. The van der Waals surface area contributed by atoms with Crippen LogP contribution in [-0.2, 0) is 0 Å². The molecule has 1 amide bonds. The van der Waals surface area contributed by atoms with Gasteiger partial charge < -0.3 is 26.4 Å². The highest BCUT2D eigenvalue weighted by molar-refractivity contribution is 6.02. The van der Waals surface area contributed by atoms with E-state index < -0.39 is 6.17 Å². The predicted octanol–water partition coefficient (Wildman–Crippen LogP) is 2.69. The fraction of sp³-hybridized carbons (Fsp3) is 0.600. The number of piperidine rings is 1. The van der Waals surface area contributed by atoms with E-state index in [9.17, 15) is 9.90 Å². The number of fused-ring (bicyclic) bond motifs is 1. The standard InChI is InChI=1S/C25H37N5O2/c1-16-8-9-18-13-21(25(32)27-17(2)26)24(29-23(18)12-16)30-11-10-22(19(14-30)15-31)28-20-6-4-3-5-7-20/h8-9,12-13,17,19-20,22,28,31H,3-7,10-11,14-15,26H2,1-2H3,(H,27,32). The second-order valence-corrected chi connectivity index (χ2v) is 9.60. The molecule has 174 valence electrons. The summed E-state index contributed by atoms with van der Waals surface area (Å²) in [7, 11) is 0. The molecule has 1 saturated heterocycles. The van der Waals surface area contributed by atoms with Gasteiger partial charge in [0.15, 0.2) is 0 Å². The molecule has 32 heavy (non-hydrogen) atoms. The predicted molar refractivity (Wildman–Crippen MR) is 129 cm³/mol. The van der Waals surface area contributed by atoms with Crippen molar-refractivity contribution in [2.75, 3.05) is 24.6 Å². The number of nitrogens with zero attached hydrogens (tertiary/aromatic N) is 2. The molecule has 2 fully saturated rings. The minimum atomic E-state index is -0.445. The molecule has 1 aromatic heterocycles. The van der Waals surface area contributed by atoms with Crippen LogP contribution in [0, 0.1) is 12.8 Å². The number of amides is 1. The number of nitrogens with two attached hydrogens (primary N) is 1. The number of aryl methyl sites for hydroxylation is 1. The van der Waals surface area contributed by atoms with Crippen LogP contribution in [0.5, 0.6) is 0 Å². The van der Waals surface area contributed by atoms with Gasteiger partial charge in [-0.2, -0.15) is 0 Å². The maximum absolute atomic E-state index is 13.0. The van der Waals surface area contributed by atoms with Gasteiger partial charge in [0.2, 0.25) is 0 Å². The Morgan fingerprint density at radius 2 is 2.03 bits per heavy atom. The van der Waals surface area contributed by atoms with Crippen LogP contribution in [-0.4, -0.2) is 53.9 Å². The lowest BCUT2D eigenvalue weighted by Gasteiger charge is -2.41. The number of carbonyl (C=O) groups excluding carboxylic acids is 1. The first kappa shape index (κ1) is 23.0. The summed E-state index contributed by atoms with van der Waals surface area (Å²) in [6.45, 7) is 5.38. The van der Waals surface area contributed by atoms with E-state index >= 15 is 0 Å². The molecule has 0 radical (unpaired) electrons. The molecule has 2 aromatic rings. The van der Waals surface area contributed by atoms with Gasteiger partial charge in [-0.1, -0.05) is 31.4 Å². The third-order valence-corrected chi connectivity index (χ3v) is 6.88. The topological polar surface area (TPSA) is 104 Å². The summed E-state index contributed by atoms with van der Waals surface area (Å²) in [4.78, 5) is 20.1. The van der Waals surface area contributed by atoms with E-state index in [1.54, 1.807) is 6.92 Å². The van der Waals surface area contributed by atoms with Crippen molar-refractivity contribution in [2.45, 2.75) is 70.6 Å². The van der Waals surface area contributed by atoms with Crippen LogP contribution >= 0.6 is 0 Å². The first-order valence-corrected chi connectivity index (χ1v) is 12.0. The minimum Gasteiger partial charge on any atom is -0.396 e. The zero-order chi connectivity index (χ0) is 22.7. The molecule has 2 heterocycles. The Morgan fingerprint density at radius 3 is 2.75 bits per heavy atom. The Kier molecular flexibility index (Phi) is 7.28. The normalized spacial score (nSPS) is 23.3.